The summed E-state index contributed by atoms with van der Waals surface area (Å²) >= 11 is 0. The number of aryl methyl sites for hydroxylation is 1. The van der Waals surface area contributed by atoms with E-state index in [2.05, 4.69) is 19.9 Å². The van der Waals surface area contributed by atoms with Crippen LogP contribution in [0.1, 0.15) is 35.4 Å². The molecule has 4 heterocycles. The number of hydrogen-bond donors (Lipinski definition) is 1. The van der Waals surface area contributed by atoms with Crippen molar-refractivity contribution in [2.45, 2.75) is 38.5 Å². The van der Waals surface area contributed by atoms with Crippen molar-refractivity contribution in [1.82, 2.24) is 19.7 Å². The molecule has 0 saturated carbocycles. The Kier molecular flexibility index (Phi) is 4.93. The second-order valence-electron chi connectivity index (χ2n) is 6.94. The van der Waals surface area contributed by atoms with Gasteiger partial charge in [-0.15, -0.1) is 0 Å². The van der Waals surface area contributed by atoms with E-state index in [4.69, 9.17) is 9.72 Å². The van der Waals surface area contributed by atoms with Gasteiger partial charge in [-0.05, 0) is 31.4 Å². The van der Waals surface area contributed by atoms with E-state index in [1.165, 1.54) is 7.11 Å². The lowest BCUT2D eigenvalue weighted by Crippen LogP contribution is -2.36. The molecule has 2 aliphatic heterocycles. The number of aliphatic hydroxyl groups is 1. The Hall–Kier alpha value is -2.68. The van der Waals surface area contributed by atoms with Crippen LogP contribution in [0.4, 0.5) is 11.8 Å². The largest absolute Gasteiger partial charge is 0.464 e. The van der Waals surface area contributed by atoms with E-state index < -0.39 is 5.97 Å². The van der Waals surface area contributed by atoms with Crippen LogP contribution in [0.15, 0.2) is 18.3 Å². The van der Waals surface area contributed by atoms with Gasteiger partial charge in [-0.1, -0.05) is 0 Å². The molecule has 0 atom stereocenters. The van der Waals surface area contributed by atoms with Crippen LogP contribution in [0.2, 0.25) is 0 Å². The Morgan fingerprint density at radius 1 is 1.22 bits per heavy atom. The fraction of sp³-hybridized carbons (Fsp3) is 0.556. The number of rotatable bonds is 3. The number of carbonyl (C=O) groups excluding carboxylic acids is 1. The molecule has 9 nitrogen and oxygen atoms in total. The van der Waals surface area contributed by atoms with Crippen LogP contribution in [0, 0.1) is 0 Å². The maximum Gasteiger partial charge on any atom is 0.358 e. The molecule has 2 aliphatic rings. The third-order valence-corrected chi connectivity index (χ3v) is 5.11. The molecule has 27 heavy (non-hydrogen) atoms. The number of aromatic nitrogens is 4. The number of piperidine rings is 1. The van der Waals surface area contributed by atoms with Gasteiger partial charge in [-0.3, -0.25) is 4.68 Å². The lowest BCUT2D eigenvalue weighted by Gasteiger charge is -2.31. The van der Waals surface area contributed by atoms with Gasteiger partial charge in [0, 0.05) is 32.4 Å². The van der Waals surface area contributed by atoms with Crippen molar-refractivity contribution in [3.8, 4) is 0 Å². The monoisotopic (exact) mass is 372 g/mol. The highest BCUT2D eigenvalue weighted by Gasteiger charge is 2.23. The number of methoxy groups -OCH3 is 1. The standard InChI is InChI=1S/C18H24N6O3/c1-27-17(26)15-11-13-12-23(7-2-8-24(13)21-15)18-19-6-3-16(20-18)22-9-4-14(25)5-10-22/h3,6,11,14,25H,2,4-5,7-10,12H2,1H3. The normalized spacial score (nSPS) is 18.1. The third kappa shape index (κ3) is 3.73. The van der Waals surface area contributed by atoms with Crippen molar-refractivity contribution in [2.75, 3.05) is 36.5 Å². The first-order valence-corrected chi connectivity index (χ1v) is 9.30. The number of fused-ring (bicyclic) bond motifs is 1. The first-order chi connectivity index (χ1) is 13.1. The molecule has 1 saturated heterocycles. The highest BCUT2D eigenvalue weighted by atomic mass is 16.5. The molecule has 0 spiro atoms. The van der Waals surface area contributed by atoms with E-state index >= 15 is 0 Å². The topological polar surface area (TPSA) is 96.6 Å². The minimum absolute atomic E-state index is 0.211. The van der Waals surface area contributed by atoms with Gasteiger partial charge in [0.2, 0.25) is 5.95 Å². The lowest BCUT2D eigenvalue weighted by molar-refractivity contribution is 0.0593. The molecule has 0 aliphatic carbocycles. The molecular weight excluding hydrogens is 348 g/mol. The van der Waals surface area contributed by atoms with Crippen molar-refractivity contribution >= 4 is 17.7 Å². The quantitative estimate of drug-likeness (QED) is 0.792. The van der Waals surface area contributed by atoms with E-state index in [0.717, 1.165) is 57.0 Å². The number of nitrogens with zero attached hydrogens (tertiary/aromatic N) is 6. The Morgan fingerprint density at radius 2 is 2.04 bits per heavy atom. The number of esters is 1. The average molecular weight is 372 g/mol. The van der Waals surface area contributed by atoms with Gasteiger partial charge < -0.3 is 19.6 Å². The van der Waals surface area contributed by atoms with E-state index in [9.17, 15) is 9.90 Å². The number of carbonyl (C=O) groups is 1. The minimum Gasteiger partial charge on any atom is -0.464 e. The summed E-state index contributed by atoms with van der Waals surface area (Å²) in [6.45, 7) is 3.75. The van der Waals surface area contributed by atoms with Crippen molar-refractivity contribution in [2.24, 2.45) is 0 Å². The zero-order valence-electron chi connectivity index (χ0n) is 15.4. The predicted molar refractivity (Wildman–Crippen MR) is 98.7 cm³/mol. The lowest BCUT2D eigenvalue weighted by atomic mass is 10.1. The summed E-state index contributed by atoms with van der Waals surface area (Å²) in [6.07, 6.45) is 3.98. The van der Waals surface area contributed by atoms with Crippen LogP contribution in [-0.4, -0.2) is 63.7 Å². The molecule has 2 aromatic rings. The zero-order chi connectivity index (χ0) is 18.8. The summed E-state index contributed by atoms with van der Waals surface area (Å²) in [7, 11) is 1.36. The van der Waals surface area contributed by atoms with Crippen molar-refractivity contribution in [3.63, 3.8) is 0 Å². The van der Waals surface area contributed by atoms with Crippen LogP contribution in [0.5, 0.6) is 0 Å². The van der Waals surface area contributed by atoms with Crippen LogP contribution in [0.25, 0.3) is 0 Å². The molecule has 144 valence electrons. The highest BCUT2D eigenvalue weighted by Crippen LogP contribution is 2.22. The number of aliphatic hydroxyl groups excluding tert-OH is 1. The van der Waals surface area contributed by atoms with Gasteiger partial charge in [0.05, 0.1) is 25.5 Å². The number of ether oxygens (including phenoxy) is 1. The fourth-order valence-corrected chi connectivity index (χ4v) is 3.60. The van der Waals surface area contributed by atoms with Gasteiger partial charge in [0.1, 0.15) is 5.82 Å². The molecule has 0 radical (unpaired) electrons. The van der Waals surface area contributed by atoms with E-state index in [-0.39, 0.29) is 6.10 Å². The Morgan fingerprint density at radius 3 is 2.81 bits per heavy atom. The second kappa shape index (κ2) is 7.51. The number of anilines is 2. The van der Waals surface area contributed by atoms with E-state index in [1.807, 2.05) is 10.7 Å². The van der Waals surface area contributed by atoms with Gasteiger partial charge in [-0.2, -0.15) is 10.1 Å². The smallest absolute Gasteiger partial charge is 0.358 e. The number of hydrogen-bond acceptors (Lipinski definition) is 8. The molecular formula is C18H24N6O3. The SMILES string of the molecule is COC(=O)c1cc2n(n1)CCCN(c1nccc(N3CCC(O)CC3)n1)C2. The predicted octanol–water partition coefficient (Wildman–Crippen LogP) is 0.831. The van der Waals surface area contributed by atoms with Crippen LogP contribution in [-0.2, 0) is 17.8 Å². The maximum atomic E-state index is 11.8. The van der Waals surface area contributed by atoms with Crippen LogP contribution in [0.3, 0.4) is 0 Å². The van der Waals surface area contributed by atoms with E-state index in [0.29, 0.717) is 18.2 Å². The Bertz CT molecular complexity index is 815. The molecule has 0 unspecified atom stereocenters. The zero-order valence-corrected chi connectivity index (χ0v) is 15.4. The first-order valence-electron chi connectivity index (χ1n) is 9.30. The van der Waals surface area contributed by atoms with Gasteiger partial charge >= 0.3 is 5.97 Å². The summed E-state index contributed by atoms with van der Waals surface area (Å²) in [5.74, 6) is 1.14. The second-order valence-corrected chi connectivity index (χ2v) is 6.94. The third-order valence-electron chi connectivity index (χ3n) is 5.11. The molecule has 0 aromatic carbocycles. The van der Waals surface area contributed by atoms with Crippen LogP contribution >= 0.6 is 0 Å². The average Bonchev–Trinajstić information content (AvgIpc) is 2.99. The first kappa shape index (κ1) is 17.7. The molecule has 2 aromatic heterocycles. The molecule has 0 bridgehead atoms. The highest BCUT2D eigenvalue weighted by molar-refractivity contribution is 5.87. The molecule has 9 heteroatoms. The van der Waals surface area contributed by atoms with E-state index in [1.54, 1.807) is 12.3 Å². The molecule has 1 fully saturated rings. The maximum absolute atomic E-state index is 11.8. The molecule has 0 amide bonds. The summed E-state index contributed by atoms with van der Waals surface area (Å²) in [5.41, 5.74) is 1.28. The summed E-state index contributed by atoms with van der Waals surface area (Å²) < 4.78 is 6.63. The minimum atomic E-state index is -0.423. The molecule has 1 N–H and O–H groups in total. The fourth-order valence-electron chi connectivity index (χ4n) is 3.60. The van der Waals surface area contributed by atoms with Crippen molar-refractivity contribution in [1.29, 1.82) is 0 Å². The van der Waals surface area contributed by atoms with Gasteiger partial charge in [0.25, 0.3) is 0 Å². The van der Waals surface area contributed by atoms with Gasteiger partial charge in [0.15, 0.2) is 5.69 Å². The Labute approximate surface area is 157 Å². The molecule has 4 rings (SSSR count). The van der Waals surface area contributed by atoms with Crippen LogP contribution < -0.4 is 9.80 Å². The summed E-state index contributed by atoms with van der Waals surface area (Å²) in [4.78, 5) is 25.3. The Balaban J connectivity index is 1.54. The van der Waals surface area contributed by atoms with Crippen molar-refractivity contribution in [3.05, 3.63) is 29.7 Å². The summed E-state index contributed by atoms with van der Waals surface area (Å²) in [5, 5.41) is 14.1. The van der Waals surface area contributed by atoms with Gasteiger partial charge in [-0.25, -0.2) is 9.78 Å². The summed E-state index contributed by atoms with van der Waals surface area (Å²) in [6, 6.07) is 3.69. The van der Waals surface area contributed by atoms with Crippen molar-refractivity contribution < 1.29 is 14.6 Å².